The molecular weight excluding hydrogens is 344 g/mol. The predicted molar refractivity (Wildman–Crippen MR) is 106 cm³/mol. The van der Waals surface area contributed by atoms with E-state index >= 15 is 0 Å². The first-order valence-electron chi connectivity index (χ1n) is 9.00. The smallest absolute Gasteiger partial charge is 0.251 e. The fourth-order valence-electron chi connectivity index (χ4n) is 2.65. The summed E-state index contributed by atoms with van der Waals surface area (Å²) in [6, 6.07) is 10.7. The van der Waals surface area contributed by atoms with Gasteiger partial charge in [0.25, 0.3) is 5.91 Å². The van der Waals surface area contributed by atoms with Crippen LogP contribution in [0, 0.1) is 13.8 Å². The molecule has 6 heteroatoms. The van der Waals surface area contributed by atoms with Crippen molar-refractivity contribution >= 4 is 17.5 Å². The van der Waals surface area contributed by atoms with E-state index in [0.29, 0.717) is 30.3 Å². The molecule has 0 spiro atoms. The van der Waals surface area contributed by atoms with Gasteiger partial charge in [0.15, 0.2) is 11.5 Å². The molecule has 0 aliphatic carbocycles. The van der Waals surface area contributed by atoms with Crippen LogP contribution in [0.1, 0.15) is 35.3 Å². The van der Waals surface area contributed by atoms with Crippen molar-refractivity contribution in [3.63, 3.8) is 0 Å². The van der Waals surface area contributed by atoms with Crippen molar-refractivity contribution < 1.29 is 19.1 Å². The predicted octanol–water partition coefficient (Wildman–Crippen LogP) is 3.47. The number of benzene rings is 2. The van der Waals surface area contributed by atoms with Gasteiger partial charge in [0, 0.05) is 11.3 Å². The van der Waals surface area contributed by atoms with E-state index in [9.17, 15) is 9.59 Å². The molecule has 144 valence electrons. The molecule has 2 N–H and O–H groups in total. The molecule has 0 bridgehead atoms. The number of carbonyl (C=O) groups excluding carboxylic acids is 2. The molecule has 0 radical (unpaired) electrons. The van der Waals surface area contributed by atoms with Crippen molar-refractivity contribution in [2.75, 3.05) is 25.1 Å². The summed E-state index contributed by atoms with van der Waals surface area (Å²) in [6.45, 7) is 8.44. The summed E-state index contributed by atoms with van der Waals surface area (Å²) in [6.07, 6.45) is 0. The lowest BCUT2D eigenvalue weighted by atomic mass is 10.1. The molecule has 0 unspecified atom stereocenters. The van der Waals surface area contributed by atoms with Gasteiger partial charge in [-0.15, -0.1) is 0 Å². The number of carbonyl (C=O) groups is 2. The Morgan fingerprint density at radius 1 is 0.926 bits per heavy atom. The summed E-state index contributed by atoms with van der Waals surface area (Å²) >= 11 is 0. The van der Waals surface area contributed by atoms with Gasteiger partial charge in [0.2, 0.25) is 5.91 Å². The van der Waals surface area contributed by atoms with Crippen LogP contribution in [-0.2, 0) is 4.79 Å². The molecule has 0 aliphatic rings. The summed E-state index contributed by atoms with van der Waals surface area (Å²) in [5, 5.41) is 5.48. The molecule has 6 nitrogen and oxygen atoms in total. The molecule has 0 atom stereocenters. The quantitative estimate of drug-likeness (QED) is 0.746. The Bertz CT molecular complexity index is 798. The average molecular weight is 370 g/mol. The van der Waals surface area contributed by atoms with Crippen molar-refractivity contribution in [2.45, 2.75) is 27.7 Å². The minimum Gasteiger partial charge on any atom is -0.490 e. The summed E-state index contributed by atoms with van der Waals surface area (Å²) < 4.78 is 11.0. The lowest BCUT2D eigenvalue weighted by Crippen LogP contribution is -2.33. The molecule has 0 aromatic heterocycles. The highest BCUT2D eigenvalue weighted by Gasteiger charge is 2.13. The Morgan fingerprint density at radius 2 is 1.56 bits per heavy atom. The third-order valence-electron chi connectivity index (χ3n) is 3.96. The highest BCUT2D eigenvalue weighted by Crippen LogP contribution is 2.28. The number of amides is 2. The fraction of sp³-hybridized carbons (Fsp3) is 0.333. The third-order valence-corrected chi connectivity index (χ3v) is 3.96. The number of anilines is 1. The van der Waals surface area contributed by atoms with Gasteiger partial charge in [0.1, 0.15) is 0 Å². The van der Waals surface area contributed by atoms with Crippen LogP contribution in [-0.4, -0.2) is 31.6 Å². The van der Waals surface area contributed by atoms with Crippen molar-refractivity contribution in [2.24, 2.45) is 0 Å². The molecule has 2 aromatic carbocycles. The molecule has 2 aromatic rings. The second kappa shape index (κ2) is 9.62. The Balaban J connectivity index is 2.00. The van der Waals surface area contributed by atoms with Crippen LogP contribution in [0.5, 0.6) is 11.5 Å². The van der Waals surface area contributed by atoms with Gasteiger partial charge in [-0.2, -0.15) is 0 Å². The number of hydrogen-bond acceptors (Lipinski definition) is 4. The average Bonchev–Trinajstić information content (AvgIpc) is 2.64. The van der Waals surface area contributed by atoms with Gasteiger partial charge in [-0.25, -0.2) is 0 Å². The van der Waals surface area contributed by atoms with Crippen LogP contribution in [0.15, 0.2) is 36.4 Å². The van der Waals surface area contributed by atoms with E-state index in [1.165, 1.54) is 0 Å². The van der Waals surface area contributed by atoms with Crippen LogP contribution < -0.4 is 20.1 Å². The largest absolute Gasteiger partial charge is 0.490 e. The van der Waals surface area contributed by atoms with E-state index < -0.39 is 0 Å². The highest BCUT2D eigenvalue weighted by molar-refractivity contribution is 6.00. The molecule has 0 aliphatic heterocycles. The van der Waals surface area contributed by atoms with Crippen LogP contribution >= 0.6 is 0 Å². The molecule has 2 rings (SSSR count). The van der Waals surface area contributed by atoms with Gasteiger partial charge in [-0.3, -0.25) is 9.59 Å². The first-order chi connectivity index (χ1) is 13.0. The van der Waals surface area contributed by atoms with E-state index in [2.05, 4.69) is 10.6 Å². The first-order valence-corrected chi connectivity index (χ1v) is 9.00. The van der Waals surface area contributed by atoms with Gasteiger partial charge in [-0.1, -0.05) is 18.2 Å². The first kappa shape index (κ1) is 20.3. The Morgan fingerprint density at radius 3 is 2.19 bits per heavy atom. The topological polar surface area (TPSA) is 76.7 Å². The third kappa shape index (κ3) is 5.48. The highest BCUT2D eigenvalue weighted by atomic mass is 16.5. The maximum absolute atomic E-state index is 12.4. The van der Waals surface area contributed by atoms with Crippen LogP contribution in [0.25, 0.3) is 0 Å². The number of nitrogens with one attached hydrogen (secondary N) is 2. The van der Waals surface area contributed by atoms with E-state index in [0.717, 1.165) is 16.8 Å². The Kier molecular flexibility index (Phi) is 7.23. The SMILES string of the molecule is CCOc1ccc(C(=O)NCC(=O)Nc2c(C)cccc2C)cc1OCC. The minimum atomic E-state index is -0.351. The lowest BCUT2D eigenvalue weighted by molar-refractivity contribution is -0.115. The molecule has 0 saturated heterocycles. The zero-order valence-corrected chi connectivity index (χ0v) is 16.2. The summed E-state index contributed by atoms with van der Waals surface area (Å²) in [5.74, 6) is 0.461. The van der Waals surface area contributed by atoms with Crippen molar-refractivity contribution in [1.29, 1.82) is 0 Å². The standard InChI is InChI=1S/C21H26N2O4/c1-5-26-17-11-10-16(12-18(17)27-6-2)21(25)22-13-19(24)23-20-14(3)8-7-9-15(20)4/h7-12H,5-6,13H2,1-4H3,(H,22,25)(H,23,24). The molecule has 0 saturated carbocycles. The molecule has 2 amide bonds. The summed E-state index contributed by atoms with van der Waals surface area (Å²) in [5.41, 5.74) is 3.13. The van der Waals surface area contributed by atoms with Gasteiger partial charge < -0.3 is 20.1 Å². The normalized spacial score (nSPS) is 10.2. The molecule has 0 heterocycles. The second-order valence-electron chi connectivity index (χ2n) is 6.03. The minimum absolute atomic E-state index is 0.121. The lowest BCUT2D eigenvalue weighted by Gasteiger charge is -2.13. The van der Waals surface area contributed by atoms with E-state index in [1.807, 2.05) is 45.9 Å². The Hall–Kier alpha value is -3.02. The number of hydrogen-bond donors (Lipinski definition) is 2. The summed E-state index contributed by atoms with van der Waals surface area (Å²) in [4.78, 5) is 24.6. The van der Waals surface area contributed by atoms with Crippen LogP contribution in [0.2, 0.25) is 0 Å². The molecular formula is C21H26N2O4. The van der Waals surface area contributed by atoms with Crippen molar-refractivity contribution in [1.82, 2.24) is 5.32 Å². The van der Waals surface area contributed by atoms with E-state index in [4.69, 9.17) is 9.47 Å². The van der Waals surface area contributed by atoms with Crippen molar-refractivity contribution in [3.05, 3.63) is 53.1 Å². The monoisotopic (exact) mass is 370 g/mol. The van der Waals surface area contributed by atoms with Crippen LogP contribution in [0.3, 0.4) is 0 Å². The van der Waals surface area contributed by atoms with Gasteiger partial charge >= 0.3 is 0 Å². The van der Waals surface area contributed by atoms with E-state index in [1.54, 1.807) is 18.2 Å². The van der Waals surface area contributed by atoms with Gasteiger partial charge in [-0.05, 0) is 57.0 Å². The fourth-order valence-corrected chi connectivity index (χ4v) is 2.65. The molecule has 0 fully saturated rings. The zero-order valence-electron chi connectivity index (χ0n) is 16.2. The summed E-state index contributed by atoms with van der Waals surface area (Å²) in [7, 11) is 0. The maximum atomic E-state index is 12.4. The van der Waals surface area contributed by atoms with Crippen molar-refractivity contribution in [3.8, 4) is 11.5 Å². The van der Waals surface area contributed by atoms with E-state index in [-0.39, 0.29) is 18.4 Å². The zero-order chi connectivity index (χ0) is 19.8. The number of rotatable bonds is 8. The maximum Gasteiger partial charge on any atom is 0.251 e. The number of para-hydroxylation sites is 1. The second-order valence-corrected chi connectivity index (χ2v) is 6.03. The number of ether oxygens (including phenoxy) is 2. The van der Waals surface area contributed by atoms with Crippen LogP contribution in [0.4, 0.5) is 5.69 Å². The molecule has 27 heavy (non-hydrogen) atoms. The Labute approximate surface area is 159 Å². The van der Waals surface area contributed by atoms with Gasteiger partial charge in [0.05, 0.1) is 19.8 Å². The number of aryl methyl sites for hydroxylation is 2.